The first-order valence-corrected chi connectivity index (χ1v) is 5.24. The van der Waals surface area contributed by atoms with Gasteiger partial charge in [0.15, 0.2) is 5.78 Å². The lowest BCUT2D eigenvalue weighted by atomic mass is 9.99. The van der Waals surface area contributed by atoms with Gasteiger partial charge in [0.1, 0.15) is 0 Å². The third-order valence-corrected chi connectivity index (χ3v) is 2.72. The molecule has 1 aromatic carbocycles. The molecule has 4 nitrogen and oxygen atoms in total. The monoisotopic (exact) mass is 232 g/mol. The number of ketones is 1. The highest BCUT2D eigenvalue weighted by molar-refractivity contribution is 5.97. The average Bonchev–Trinajstić information content (AvgIpc) is 2.53. The molecule has 1 aliphatic heterocycles. The van der Waals surface area contributed by atoms with Crippen LogP contribution in [0.3, 0.4) is 0 Å². The summed E-state index contributed by atoms with van der Waals surface area (Å²) in [4.78, 5) is 22.9. The number of aliphatic hydroxyl groups is 1. The van der Waals surface area contributed by atoms with Crippen molar-refractivity contribution in [2.75, 3.05) is 0 Å². The predicted octanol–water partition coefficient (Wildman–Crippen LogP) is 1.45. The SMILES string of the molecule is CC1=CC(=O)OC1(O)CC(=O)c1ccccc1. The Morgan fingerprint density at radius 1 is 1.35 bits per heavy atom. The Kier molecular flexibility index (Phi) is 2.81. The standard InChI is InChI=1S/C13H12O4/c1-9-7-12(15)17-13(9,16)8-11(14)10-5-3-2-4-6-10/h2-7,16H,8H2,1H3. The fraction of sp³-hybridized carbons (Fsp3) is 0.231. The van der Waals surface area contributed by atoms with Crippen molar-refractivity contribution in [2.45, 2.75) is 19.1 Å². The third kappa shape index (κ3) is 2.26. The Bertz CT molecular complexity index is 489. The maximum Gasteiger partial charge on any atom is 0.333 e. The van der Waals surface area contributed by atoms with E-state index in [-0.39, 0.29) is 12.2 Å². The largest absolute Gasteiger partial charge is 0.425 e. The molecule has 17 heavy (non-hydrogen) atoms. The third-order valence-electron chi connectivity index (χ3n) is 2.72. The quantitative estimate of drug-likeness (QED) is 0.633. The van der Waals surface area contributed by atoms with Crippen LogP contribution in [0.15, 0.2) is 42.0 Å². The summed E-state index contributed by atoms with van der Waals surface area (Å²) in [6, 6.07) is 8.58. The van der Waals surface area contributed by atoms with E-state index in [1.807, 2.05) is 0 Å². The van der Waals surface area contributed by atoms with Gasteiger partial charge in [0, 0.05) is 17.2 Å². The van der Waals surface area contributed by atoms with Crippen molar-refractivity contribution in [3.8, 4) is 0 Å². The van der Waals surface area contributed by atoms with E-state index in [2.05, 4.69) is 0 Å². The molecule has 1 N–H and O–H groups in total. The topological polar surface area (TPSA) is 63.6 Å². The summed E-state index contributed by atoms with van der Waals surface area (Å²) >= 11 is 0. The molecule has 0 spiro atoms. The zero-order valence-corrected chi connectivity index (χ0v) is 9.34. The lowest BCUT2D eigenvalue weighted by Gasteiger charge is -2.22. The fourth-order valence-corrected chi connectivity index (χ4v) is 1.69. The van der Waals surface area contributed by atoms with Gasteiger partial charge in [-0.25, -0.2) is 4.79 Å². The van der Waals surface area contributed by atoms with Gasteiger partial charge in [0.05, 0.1) is 6.42 Å². The number of hydrogen-bond acceptors (Lipinski definition) is 4. The minimum absolute atomic E-state index is 0.259. The summed E-state index contributed by atoms with van der Waals surface area (Å²) in [5, 5.41) is 10.0. The number of cyclic esters (lactones) is 1. The molecule has 1 aliphatic rings. The van der Waals surface area contributed by atoms with E-state index in [0.29, 0.717) is 11.1 Å². The number of esters is 1. The number of carbonyl (C=O) groups is 2. The Morgan fingerprint density at radius 2 is 2.00 bits per heavy atom. The maximum atomic E-state index is 11.9. The van der Waals surface area contributed by atoms with Crippen LogP contribution in [0.1, 0.15) is 23.7 Å². The van der Waals surface area contributed by atoms with Crippen LogP contribution in [0.5, 0.6) is 0 Å². The van der Waals surface area contributed by atoms with Crippen LogP contribution in [0.2, 0.25) is 0 Å². The Hall–Kier alpha value is -1.94. The van der Waals surface area contributed by atoms with Crippen molar-refractivity contribution in [3.63, 3.8) is 0 Å². The van der Waals surface area contributed by atoms with Crippen molar-refractivity contribution in [3.05, 3.63) is 47.5 Å². The van der Waals surface area contributed by atoms with E-state index in [1.54, 1.807) is 37.3 Å². The summed E-state index contributed by atoms with van der Waals surface area (Å²) in [7, 11) is 0. The van der Waals surface area contributed by atoms with Crippen LogP contribution in [0, 0.1) is 0 Å². The number of benzene rings is 1. The van der Waals surface area contributed by atoms with E-state index < -0.39 is 11.8 Å². The van der Waals surface area contributed by atoms with Crippen LogP contribution in [-0.2, 0) is 9.53 Å². The first-order chi connectivity index (χ1) is 8.01. The molecule has 0 aliphatic carbocycles. The van der Waals surface area contributed by atoms with Crippen LogP contribution in [0.25, 0.3) is 0 Å². The molecule has 0 amide bonds. The second-order valence-corrected chi connectivity index (χ2v) is 4.00. The predicted molar refractivity (Wildman–Crippen MR) is 60.2 cm³/mol. The minimum Gasteiger partial charge on any atom is -0.425 e. The van der Waals surface area contributed by atoms with Crippen LogP contribution in [-0.4, -0.2) is 22.6 Å². The molecule has 0 bridgehead atoms. The summed E-state index contributed by atoms with van der Waals surface area (Å²) in [5.41, 5.74) is 0.837. The van der Waals surface area contributed by atoms with Crippen LogP contribution in [0.4, 0.5) is 0 Å². The Balaban J connectivity index is 2.15. The number of carbonyl (C=O) groups excluding carboxylic acids is 2. The van der Waals surface area contributed by atoms with E-state index in [0.717, 1.165) is 0 Å². The molecule has 88 valence electrons. The molecule has 0 aromatic heterocycles. The van der Waals surface area contributed by atoms with Crippen molar-refractivity contribution in [1.82, 2.24) is 0 Å². The molecule has 4 heteroatoms. The van der Waals surface area contributed by atoms with Crippen molar-refractivity contribution in [2.24, 2.45) is 0 Å². The minimum atomic E-state index is -1.79. The van der Waals surface area contributed by atoms with Crippen LogP contribution < -0.4 is 0 Å². The first kappa shape index (κ1) is 11.5. The maximum absolute atomic E-state index is 11.9. The summed E-state index contributed by atoms with van der Waals surface area (Å²) in [6.07, 6.45) is 0.934. The fourth-order valence-electron chi connectivity index (χ4n) is 1.69. The van der Waals surface area contributed by atoms with Crippen molar-refractivity contribution >= 4 is 11.8 Å². The van der Waals surface area contributed by atoms with Gasteiger partial charge in [-0.15, -0.1) is 0 Å². The van der Waals surface area contributed by atoms with Gasteiger partial charge in [-0.05, 0) is 6.92 Å². The van der Waals surface area contributed by atoms with Gasteiger partial charge in [-0.2, -0.15) is 0 Å². The molecule has 1 aromatic rings. The van der Waals surface area contributed by atoms with Gasteiger partial charge in [-0.3, -0.25) is 4.79 Å². The van der Waals surface area contributed by atoms with Gasteiger partial charge in [0.2, 0.25) is 5.79 Å². The highest BCUT2D eigenvalue weighted by Gasteiger charge is 2.40. The highest BCUT2D eigenvalue weighted by Crippen LogP contribution is 2.29. The van der Waals surface area contributed by atoms with E-state index >= 15 is 0 Å². The normalized spacial score (nSPS) is 23.2. The summed E-state index contributed by atoms with van der Waals surface area (Å²) in [6.45, 7) is 1.56. The molecular formula is C13H12O4. The lowest BCUT2D eigenvalue weighted by molar-refractivity contribution is -0.179. The average molecular weight is 232 g/mol. The summed E-state index contributed by atoms with van der Waals surface area (Å²) < 4.78 is 4.76. The number of ether oxygens (including phenoxy) is 1. The molecule has 0 saturated heterocycles. The van der Waals surface area contributed by atoms with Crippen molar-refractivity contribution < 1.29 is 19.4 Å². The summed E-state index contributed by atoms with van der Waals surface area (Å²) in [5.74, 6) is -2.68. The zero-order chi connectivity index (χ0) is 12.5. The van der Waals surface area contributed by atoms with Gasteiger partial charge in [-0.1, -0.05) is 30.3 Å². The molecule has 0 saturated carbocycles. The zero-order valence-electron chi connectivity index (χ0n) is 9.34. The molecule has 0 radical (unpaired) electrons. The molecule has 1 unspecified atom stereocenters. The Labute approximate surface area is 98.5 Å². The first-order valence-electron chi connectivity index (χ1n) is 5.24. The number of hydrogen-bond donors (Lipinski definition) is 1. The smallest absolute Gasteiger partial charge is 0.333 e. The number of Topliss-reactive ketones (excluding diaryl/α,β-unsaturated/α-hetero) is 1. The second kappa shape index (κ2) is 4.14. The Morgan fingerprint density at radius 3 is 2.53 bits per heavy atom. The van der Waals surface area contributed by atoms with Gasteiger partial charge >= 0.3 is 5.97 Å². The van der Waals surface area contributed by atoms with Crippen LogP contribution >= 0.6 is 0 Å². The van der Waals surface area contributed by atoms with Gasteiger partial charge in [0.25, 0.3) is 0 Å². The molecule has 1 atom stereocenters. The molecule has 2 rings (SSSR count). The highest BCUT2D eigenvalue weighted by atomic mass is 16.7. The number of rotatable bonds is 3. The second-order valence-electron chi connectivity index (χ2n) is 4.00. The molecule has 1 heterocycles. The molecule has 0 fully saturated rings. The van der Waals surface area contributed by atoms with Gasteiger partial charge < -0.3 is 9.84 Å². The lowest BCUT2D eigenvalue weighted by Crippen LogP contribution is -2.33. The molecular weight excluding hydrogens is 220 g/mol. The van der Waals surface area contributed by atoms with E-state index in [1.165, 1.54) is 6.08 Å². The van der Waals surface area contributed by atoms with Crippen molar-refractivity contribution in [1.29, 1.82) is 0 Å². The van der Waals surface area contributed by atoms with E-state index in [9.17, 15) is 14.7 Å². The van der Waals surface area contributed by atoms with E-state index in [4.69, 9.17) is 4.74 Å².